The Hall–Kier alpha value is -2.27. The van der Waals surface area contributed by atoms with Gasteiger partial charge < -0.3 is 15.1 Å². The van der Waals surface area contributed by atoms with E-state index < -0.39 is 0 Å². The predicted octanol–water partition coefficient (Wildman–Crippen LogP) is 4.14. The van der Waals surface area contributed by atoms with Gasteiger partial charge in [-0.3, -0.25) is 0 Å². The Morgan fingerprint density at radius 1 is 1.12 bits per heavy atom. The Morgan fingerprint density at radius 2 is 1.88 bits per heavy atom. The minimum atomic E-state index is -0.275. The standard InChI is InChI=1S/C18H19ClFN3O/c1-13-11-15(5-6-17(13)20)21-18(24)23-9-7-22(8-10-23)16-4-2-3-14(19)12-16/h2-6,11-12H,7-10H2,1H3,(H,21,24). The molecule has 0 atom stereocenters. The Kier molecular flexibility index (Phi) is 4.90. The van der Waals surface area contributed by atoms with Gasteiger partial charge in [-0.25, -0.2) is 9.18 Å². The van der Waals surface area contributed by atoms with Crippen LogP contribution in [0.25, 0.3) is 0 Å². The maximum absolute atomic E-state index is 13.3. The first-order valence-corrected chi connectivity index (χ1v) is 8.23. The van der Waals surface area contributed by atoms with Crippen LogP contribution in [-0.4, -0.2) is 37.1 Å². The van der Waals surface area contributed by atoms with Crippen LogP contribution in [0.1, 0.15) is 5.56 Å². The van der Waals surface area contributed by atoms with Crippen molar-refractivity contribution in [2.24, 2.45) is 0 Å². The third kappa shape index (κ3) is 3.79. The minimum absolute atomic E-state index is 0.160. The lowest BCUT2D eigenvalue weighted by Crippen LogP contribution is -2.50. The van der Waals surface area contributed by atoms with Crippen LogP contribution < -0.4 is 10.2 Å². The van der Waals surface area contributed by atoms with Crippen molar-refractivity contribution in [2.45, 2.75) is 6.92 Å². The quantitative estimate of drug-likeness (QED) is 0.886. The number of amides is 2. The summed E-state index contributed by atoms with van der Waals surface area (Å²) in [6, 6.07) is 12.1. The fraction of sp³-hybridized carbons (Fsp3) is 0.278. The summed E-state index contributed by atoms with van der Waals surface area (Å²) < 4.78 is 13.3. The number of anilines is 2. The topological polar surface area (TPSA) is 35.6 Å². The van der Waals surface area contributed by atoms with Gasteiger partial charge in [0.15, 0.2) is 0 Å². The molecule has 0 radical (unpaired) electrons. The van der Waals surface area contributed by atoms with Crippen LogP contribution in [0.5, 0.6) is 0 Å². The van der Waals surface area contributed by atoms with E-state index in [1.54, 1.807) is 24.0 Å². The van der Waals surface area contributed by atoms with E-state index in [1.165, 1.54) is 6.07 Å². The van der Waals surface area contributed by atoms with Crippen molar-refractivity contribution in [2.75, 3.05) is 36.4 Å². The summed E-state index contributed by atoms with van der Waals surface area (Å²) in [6.07, 6.45) is 0. The molecule has 1 aliphatic heterocycles. The highest BCUT2D eigenvalue weighted by atomic mass is 35.5. The van der Waals surface area contributed by atoms with E-state index in [2.05, 4.69) is 10.2 Å². The van der Waals surface area contributed by atoms with E-state index in [0.717, 1.165) is 18.8 Å². The molecule has 0 bridgehead atoms. The fourth-order valence-electron chi connectivity index (χ4n) is 2.77. The summed E-state index contributed by atoms with van der Waals surface area (Å²) in [7, 11) is 0. The summed E-state index contributed by atoms with van der Waals surface area (Å²) in [5.74, 6) is -0.275. The number of urea groups is 1. The van der Waals surface area contributed by atoms with Crippen LogP contribution in [0.2, 0.25) is 5.02 Å². The molecule has 0 saturated carbocycles. The average Bonchev–Trinajstić information content (AvgIpc) is 2.58. The van der Waals surface area contributed by atoms with Crippen molar-refractivity contribution >= 4 is 29.0 Å². The molecular weight excluding hydrogens is 329 g/mol. The second-order valence-corrected chi connectivity index (χ2v) is 6.28. The van der Waals surface area contributed by atoms with E-state index in [4.69, 9.17) is 11.6 Å². The number of hydrogen-bond donors (Lipinski definition) is 1. The van der Waals surface area contributed by atoms with Gasteiger partial charge in [-0.2, -0.15) is 0 Å². The molecule has 2 aromatic carbocycles. The average molecular weight is 348 g/mol. The molecular formula is C18H19ClFN3O. The van der Waals surface area contributed by atoms with Gasteiger partial charge >= 0.3 is 6.03 Å². The molecule has 3 rings (SSSR count). The van der Waals surface area contributed by atoms with Crippen LogP contribution in [-0.2, 0) is 0 Å². The number of piperazine rings is 1. The Bertz CT molecular complexity index is 745. The zero-order valence-corrected chi connectivity index (χ0v) is 14.2. The van der Waals surface area contributed by atoms with Crippen molar-refractivity contribution in [1.82, 2.24) is 4.90 Å². The monoisotopic (exact) mass is 347 g/mol. The highest BCUT2D eigenvalue weighted by Gasteiger charge is 2.21. The van der Waals surface area contributed by atoms with Gasteiger partial charge in [0.1, 0.15) is 5.82 Å². The van der Waals surface area contributed by atoms with Gasteiger partial charge in [0.25, 0.3) is 0 Å². The number of halogens is 2. The van der Waals surface area contributed by atoms with Crippen LogP contribution in [0.3, 0.4) is 0 Å². The molecule has 4 nitrogen and oxygen atoms in total. The molecule has 6 heteroatoms. The first-order valence-electron chi connectivity index (χ1n) is 7.85. The smallest absolute Gasteiger partial charge is 0.321 e. The Balaban J connectivity index is 1.58. The molecule has 1 N–H and O–H groups in total. The largest absolute Gasteiger partial charge is 0.368 e. The summed E-state index contributed by atoms with van der Waals surface area (Å²) in [5.41, 5.74) is 2.19. The number of hydrogen-bond acceptors (Lipinski definition) is 2. The third-order valence-electron chi connectivity index (χ3n) is 4.15. The maximum atomic E-state index is 13.3. The number of aryl methyl sites for hydroxylation is 1. The first-order chi connectivity index (χ1) is 11.5. The van der Waals surface area contributed by atoms with Crippen molar-refractivity contribution in [1.29, 1.82) is 0 Å². The van der Waals surface area contributed by atoms with Crippen LogP contribution in [0.4, 0.5) is 20.6 Å². The Morgan fingerprint density at radius 3 is 2.54 bits per heavy atom. The molecule has 0 unspecified atom stereocenters. The van der Waals surface area contributed by atoms with Gasteiger partial charge in [-0.05, 0) is 48.9 Å². The predicted molar refractivity (Wildman–Crippen MR) is 95.4 cm³/mol. The number of benzene rings is 2. The first kappa shape index (κ1) is 16.6. The number of rotatable bonds is 2. The number of nitrogens with one attached hydrogen (secondary N) is 1. The van der Waals surface area contributed by atoms with E-state index in [0.29, 0.717) is 29.4 Å². The third-order valence-corrected chi connectivity index (χ3v) is 4.38. The van der Waals surface area contributed by atoms with Crippen LogP contribution in [0, 0.1) is 12.7 Å². The maximum Gasteiger partial charge on any atom is 0.321 e. The van der Waals surface area contributed by atoms with Crippen LogP contribution in [0.15, 0.2) is 42.5 Å². The van der Waals surface area contributed by atoms with Crippen molar-refractivity contribution < 1.29 is 9.18 Å². The fourth-order valence-corrected chi connectivity index (χ4v) is 2.95. The molecule has 0 spiro atoms. The second kappa shape index (κ2) is 7.09. The molecule has 1 saturated heterocycles. The molecule has 0 aliphatic carbocycles. The van der Waals surface area contributed by atoms with E-state index in [1.807, 2.05) is 24.3 Å². The number of nitrogens with zero attached hydrogens (tertiary/aromatic N) is 2. The van der Waals surface area contributed by atoms with E-state index in [-0.39, 0.29) is 11.8 Å². The summed E-state index contributed by atoms with van der Waals surface area (Å²) in [5, 5.41) is 3.53. The lowest BCUT2D eigenvalue weighted by atomic mass is 10.2. The molecule has 126 valence electrons. The molecule has 0 aromatic heterocycles. The SMILES string of the molecule is Cc1cc(NC(=O)N2CCN(c3cccc(Cl)c3)CC2)ccc1F. The number of carbonyl (C=O) groups excluding carboxylic acids is 1. The molecule has 1 fully saturated rings. The van der Waals surface area contributed by atoms with Crippen molar-refractivity contribution in [3.63, 3.8) is 0 Å². The minimum Gasteiger partial charge on any atom is -0.368 e. The highest BCUT2D eigenvalue weighted by molar-refractivity contribution is 6.30. The molecule has 24 heavy (non-hydrogen) atoms. The zero-order valence-electron chi connectivity index (χ0n) is 13.4. The number of carbonyl (C=O) groups is 1. The summed E-state index contributed by atoms with van der Waals surface area (Å²) in [4.78, 5) is 16.3. The van der Waals surface area contributed by atoms with Gasteiger partial charge in [0, 0.05) is 42.6 Å². The lowest BCUT2D eigenvalue weighted by Gasteiger charge is -2.36. The summed E-state index contributed by atoms with van der Waals surface area (Å²) in [6.45, 7) is 4.41. The zero-order chi connectivity index (χ0) is 17.1. The second-order valence-electron chi connectivity index (χ2n) is 5.85. The van der Waals surface area contributed by atoms with E-state index in [9.17, 15) is 9.18 Å². The van der Waals surface area contributed by atoms with Gasteiger partial charge in [-0.1, -0.05) is 17.7 Å². The van der Waals surface area contributed by atoms with E-state index >= 15 is 0 Å². The van der Waals surface area contributed by atoms with Crippen molar-refractivity contribution in [3.8, 4) is 0 Å². The summed E-state index contributed by atoms with van der Waals surface area (Å²) >= 11 is 6.03. The van der Waals surface area contributed by atoms with Crippen molar-refractivity contribution in [3.05, 3.63) is 58.9 Å². The molecule has 2 amide bonds. The van der Waals surface area contributed by atoms with Gasteiger partial charge in [0.2, 0.25) is 0 Å². The lowest BCUT2D eigenvalue weighted by molar-refractivity contribution is 0.208. The molecule has 1 heterocycles. The highest BCUT2D eigenvalue weighted by Crippen LogP contribution is 2.21. The molecule has 2 aromatic rings. The van der Waals surface area contributed by atoms with Gasteiger partial charge in [-0.15, -0.1) is 0 Å². The normalized spacial score (nSPS) is 14.6. The molecule has 1 aliphatic rings. The van der Waals surface area contributed by atoms with Gasteiger partial charge in [0.05, 0.1) is 0 Å². The Labute approximate surface area is 145 Å². The van der Waals surface area contributed by atoms with Crippen LogP contribution >= 0.6 is 11.6 Å².